The van der Waals surface area contributed by atoms with E-state index >= 15 is 0 Å². The zero-order valence-electron chi connectivity index (χ0n) is 17.1. The largest absolute Gasteiger partial charge is 0.507 e. The van der Waals surface area contributed by atoms with E-state index in [0.717, 1.165) is 5.69 Å². The second kappa shape index (κ2) is 9.45. The molecule has 0 aliphatic rings. The first kappa shape index (κ1) is 22.5. The number of para-hydroxylation sites is 2. The third kappa shape index (κ3) is 5.22. The summed E-state index contributed by atoms with van der Waals surface area (Å²) in [5, 5.41) is 27.0. The smallest absolute Gasteiger partial charge is 0.238 e. The van der Waals surface area contributed by atoms with E-state index in [-0.39, 0.29) is 22.3 Å². The highest BCUT2D eigenvalue weighted by atomic mass is 32.2. The van der Waals surface area contributed by atoms with Crippen molar-refractivity contribution >= 4 is 33.4 Å². The number of nitrogens with one attached hydrogen (secondary N) is 1. The average Bonchev–Trinajstić information content (AvgIpc) is 3.22. The van der Waals surface area contributed by atoms with E-state index in [1.54, 1.807) is 28.8 Å². The molecule has 0 unspecified atom stereocenters. The molecule has 168 valence electrons. The van der Waals surface area contributed by atoms with Gasteiger partial charge >= 0.3 is 0 Å². The lowest BCUT2D eigenvalue weighted by Gasteiger charge is -2.11. The van der Waals surface area contributed by atoms with Crippen molar-refractivity contribution in [1.82, 2.24) is 14.8 Å². The second-order valence-electron chi connectivity index (χ2n) is 6.90. The molecule has 0 saturated heterocycles. The second-order valence-corrected chi connectivity index (χ2v) is 9.40. The van der Waals surface area contributed by atoms with Crippen LogP contribution in [0.4, 0.5) is 5.69 Å². The summed E-state index contributed by atoms with van der Waals surface area (Å²) in [7, 11) is -3.80. The highest BCUT2D eigenvalue weighted by molar-refractivity contribution is 7.99. The average molecular weight is 482 g/mol. The fourth-order valence-electron chi connectivity index (χ4n) is 3.07. The van der Waals surface area contributed by atoms with Crippen molar-refractivity contribution in [3.05, 3.63) is 78.9 Å². The molecule has 0 fully saturated rings. The van der Waals surface area contributed by atoms with E-state index in [2.05, 4.69) is 15.5 Å². The number of aromatic hydroxyl groups is 1. The number of phenolic OH excluding ortho intramolecular Hbond substituents is 1. The van der Waals surface area contributed by atoms with Crippen LogP contribution in [0.3, 0.4) is 0 Å². The Kier molecular flexibility index (Phi) is 6.45. The van der Waals surface area contributed by atoms with Crippen molar-refractivity contribution in [2.45, 2.75) is 10.1 Å². The predicted octanol–water partition coefficient (Wildman–Crippen LogP) is 3.02. The number of benzene rings is 3. The zero-order valence-corrected chi connectivity index (χ0v) is 18.8. The van der Waals surface area contributed by atoms with E-state index in [1.165, 1.54) is 36.0 Å². The van der Waals surface area contributed by atoms with Crippen molar-refractivity contribution in [2.24, 2.45) is 5.14 Å². The van der Waals surface area contributed by atoms with Crippen molar-refractivity contribution in [3.63, 3.8) is 0 Å². The molecule has 0 atom stereocenters. The number of carbonyl (C=O) groups is 1. The molecule has 0 aliphatic heterocycles. The van der Waals surface area contributed by atoms with Crippen molar-refractivity contribution in [1.29, 1.82) is 0 Å². The van der Waals surface area contributed by atoms with E-state index < -0.39 is 10.0 Å². The number of phenols is 1. The molecule has 0 aliphatic carbocycles. The zero-order chi connectivity index (χ0) is 23.4. The van der Waals surface area contributed by atoms with E-state index in [9.17, 15) is 18.3 Å². The molecule has 3 aromatic carbocycles. The van der Waals surface area contributed by atoms with Crippen LogP contribution in [0.2, 0.25) is 0 Å². The van der Waals surface area contributed by atoms with Gasteiger partial charge in [0.05, 0.1) is 16.2 Å². The topological polar surface area (TPSA) is 140 Å². The van der Waals surface area contributed by atoms with Crippen LogP contribution < -0.4 is 10.5 Å². The van der Waals surface area contributed by atoms with Gasteiger partial charge in [-0.1, -0.05) is 42.1 Å². The summed E-state index contributed by atoms with van der Waals surface area (Å²) in [4.78, 5) is 12.4. The SMILES string of the molecule is NS(=O)(=O)c1ccc(NC(=O)CSc2nnc(-c3ccccc3O)n2-c2ccccc2)cc1. The number of hydrogen-bond donors (Lipinski definition) is 3. The van der Waals surface area contributed by atoms with Crippen LogP contribution in [0.5, 0.6) is 5.75 Å². The monoisotopic (exact) mass is 481 g/mol. The third-order valence-electron chi connectivity index (χ3n) is 4.59. The van der Waals surface area contributed by atoms with Gasteiger partial charge in [-0.05, 0) is 48.5 Å². The molecule has 11 heteroatoms. The van der Waals surface area contributed by atoms with Crippen molar-refractivity contribution in [2.75, 3.05) is 11.1 Å². The maximum Gasteiger partial charge on any atom is 0.238 e. The normalized spacial score (nSPS) is 11.3. The minimum absolute atomic E-state index is 0.0304. The number of primary sulfonamides is 1. The van der Waals surface area contributed by atoms with Gasteiger partial charge in [-0.3, -0.25) is 9.36 Å². The van der Waals surface area contributed by atoms with Gasteiger partial charge in [-0.15, -0.1) is 10.2 Å². The molecule has 4 aromatic rings. The molecule has 1 amide bonds. The Balaban J connectivity index is 1.55. The van der Waals surface area contributed by atoms with Crippen LogP contribution in [0.15, 0.2) is 88.9 Å². The Hall–Kier alpha value is -3.67. The number of rotatable bonds is 7. The van der Waals surface area contributed by atoms with Crippen molar-refractivity contribution in [3.8, 4) is 22.8 Å². The molecule has 1 aromatic heterocycles. The number of carbonyl (C=O) groups excluding carboxylic acids is 1. The molecule has 0 saturated carbocycles. The van der Waals surface area contributed by atoms with Gasteiger partial charge < -0.3 is 10.4 Å². The highest BCUT2D eigenvalue weighted by Gasteiger charge is 2.19. The number of nitrogens with two attached hydrogens (primary N) is 1. The highest BCUT2D eigenvalue weighted by Crippen LogP contribution is 2.32. The van der Waals surface area contributed by atoms with E-state index in [1.807, 2.05) is 30.3 Å². The van der Waals surface area contributed by atoms with Crippen LogP contribution >= 0.6 is 11.8 Å². The number of nitrogens with zero attached hydrogens (tertiary/aromatic N) is 3. The maximum atomic E-state index is 12.5. The molecule has 1 heterocycles. The predicted molar refractivity (Wildman–Crippen MR) is 126 cm³/mol. The van der Waals surface area contributed by atoms with Gasteiger partial charge in [0.1, 0.15) is 5.75 Å². The molecule has 33 heavy (non-hydrogen) atoms. The fraction of sp³-hybridized carbons (Fsp3) is 0.0455. The Morgan fingerprint density at radius 3 is 2.30 bits per heavy atom. The van der Waals surface area contributed by atoms with Crippen LogP contribution in [-0.4, -0.2) is 39.9 Å². The van der Waals surface area contributed by atoms with Gasteiger partial charge in [0.25, 0.3) is 0 Å². The molecule has 4 N–H and O–H groups in total. The summed E-state index contributed by atoms with van der Waals surface area (Å²) in [6.07, 6.45) is 0. The first-order valence-electron chi connectivity index (χ1n) is 9.67. The van der Waals surface area contributed by atoms with E-state index in [0.29, 0.717) is 22.2 Å². The lowest BCUT2D eigenvalue weighted by Crippen LogP contribution is -2.15. The minimum atomic E-state index is -3.80. The Morgan fingerprint density at radius 1 is 0.970 bits per heavy atom. The first-order valence-corrected chi connectivity index (χ1v) is 12.2. The fourth-order valence-corrected chi connectivity index (χ4v) is 4.33. The summed E-state index contributed by atoms with van der Waals surface area (Å²) >= 11 is 1.18. The summed E-state index contributed by atoms with van der Waals surface area (Å²) < 4.78 is 24.5. The van der Waals surface area contributed by atoms with Gasteiger partial charge in [-0.2, -0.15) is 0 Å². The molecule has 0 bridgehead atoms. The number of hydrogen-bond acceptors (Lipinski definition) is 7. The molecular weight excluding hydrogens is 462 g/mol. The summed E-state index contributed by atoms with van der Waals surface area (Å²) in [6, 6.07) is 21.8. The first-order chi connectivity index (χ1) is 15.8. The van der Waals surface area contributed by atoms with Crippen molar-refractivity contribution < 1.29 is 18.3 Å². The van der Waals surface area contributed by atoms with Gasteiger partial charge in [0, 0.05) is 11.4 Å². The Bertz CT molecular complexity index is 1390. The number of anilines is 1. The maximum absolute atomic E-state index is 12.5. The number of amides is 1. The molecular formula is C22H19N5O4S2. The quantitative estimate of drug-likeness (QED) is 0.345. The van der Waals surface area contributed by atoms with Gasteiger partial charge in [-0.25, -0.2) is 13.6 Å². The number of thioether (sulfide) groups is 1. The Morgan fingerprint density at radius 2 is 1.64 bits per heavy atom. The summed E-state index contributed by atoms with van der Waals surface area (Å²) in [5.74, 6) is 0.234. The summed E-state index contributed by atoms with van der Waals surface area (Å²) in [5.41, 5.74) is 1.73. The van der Waals surface area contributed by atoms with Crippen LogP contribution in [-0.2, 0) is 14.8 Å². The lowest BCUT2D eigenvalue weighted by molar-refractivity contribution is -0.113. The van der Waals surface area contributed by atoms with Gasteiger partial charge in [0.2, 0.25) is 15.9 Å². The van der Waals surface area contributed by atoms with Crippen LogP contribution in [0, 0.1) is 0 Å². The Labute approximate surface area is 194 Å². The third-order valence-corrected chi connectivity index (χ3v) is 6.45. The summed E-state index contributed by atoms with van der Waals surface area (Å²) in [6.45, 7) is 0. The standard InChI is InChI=1S/C22H19N5O4S2/c23-33(30,31)17-12-10-15(11-13-17)24-20(29)14-32-22-26-25-21(18-8-4-5-9-19(18)28)27(22)16-6-2-1-3-7-16/h1-13,28H,14H2,(H,24,29)(H2,23,30,31). The van der Waals surface area contributed by atoms with Crippen LogP contribution in [0.1, 0.15) is 0 Å². The van der Waals surface area contributed by atoms with Crippen LogP contribution in [0.25, 0.3) is 17.1 Å². The molecule has 0 spiro atoms. The minimum Gasteiger partial charge on any atom is -0.507 e. The lowest BCUT2D eigenvalue weighted by atomic mass is 10.2. The number of aromatic nitrogens is 3. The molecule has 0 radical (unpaired) electrons. The number of sulfonamides is 1. The van der Waals surface area contributed by atoms with E-state index in [4.69, 9.17) is 5.14 Å². The molecule has 4 rings (SSSR count). The molecule has 9 nitrogen and oxygen atoms in total. The van der Waals surface area contributed by atoms with Gasteiger partial charge in [0.15, 0.2) is 11.0 Å².